The third-order valence-corrected chi connectivity index (χ3v) is 3.62. The standard InChI is InChI=1S/C16H18FN3O/c1-3-18-16-14(17)10(2)19-15(20-16)12-8-11-6-4-5-7-13(11)21-9-12/h4-7,12H,3,8-9H2,1-2H3,(H,18,19,20). The van der Waals surface area contributed by atoms with Gasteiger partial charge in [-0.25, -0.2) is 14.4 Å². The monoisotopic (exact) mass is 287 g/mol. The van der Waals surface area contributed by atoms with Crippen LogP contribution in [0.3, 0.4) is 0 Å². The van der Waals surface area contributed by atoms with E-state index in [9.17, 15) is 4.39 Å². The van der Waals surface area contributed by atoms with Crippen LogP contribution in [0.2, 0.25) is 0 Å². The van der Waals surface area contributed by atoms with Crippen LogP contribution in [0, 0.1) is 12.7 Å². The summed E-state index contributed by atoms with van der Waals surface area (Å²) in [6.45, 7) is 4.72. The van der Waals surface area contributed by atoms with E-state index >= 15 is 0 Å². The van der Waals surface area contributed by atoms with Gasteiger partial charge in [0, 0.05) is 6.54 Å². The fraction of sp³-hybridized carbons (Fsp3) is 0.375. The number of hydrogen-bond donors (Lipinski definition) is 1. The van der Waals surface area contributed by atoms with Gasteiger partial charge in [-0.1, -0.05) is 18.2 Å². The number of aryl methyl sites for hydroxylation is 1. The van der Waals surface area contributed by atoms with E-state index in [1.807, 2.05) is 31.2 Å². The van der Waals surface area contributed by atoms with E-state index in [2.05, 4.69) is 15.3 Å². The Morgan fingerprint density at radius 3 is 2.95 bits per heavy atom. The molecule has 1 aliphatic heterocycles. The fourth-order valence-electron chi connectivity index (χ4n) is 2.54. The minimum Gasteiger partial charge on any atom is -0.493 e. The molecular weight excluding hydrogens is 269 g/mol. The van der Waals surface area contributed by atoms with Crippen molar-refractivity contribution in [2.45, 2.75) is 26.2 Å². The average Bonchev–Trinajstić information content (AvgIpc) is 2.51. The Morgan fingerprint density at radius 1 is 1.33 bits per heavy atom. The minimum atomic E-state index is -0.377. The van der Waals surface area contributed by atoms with E-state index in [-0.39, 0.29) is 17.6 Å². The highest BCUT2D eigenvalue weighted by molar-refractivity contribution is 5.40. The number of fused-ring (bicyclic) bond motifs is 1. The van der Waals surface area contributed by atoms with E-state index < -0.39 is 0 Å². The molecule has 0 fully saturated rings. The highest BCUT2D eigenvalue weighted by Crippen LogP contribution is 2.31. The third-order valence-electron chi connectivity index (χ3n) is 3.62. The molecule has 1 N–H and O–H groups in total. The van der Waals surface area contributed by atoms with Crippen molar-refractivity contribution in [2.24, 2.45) is 0 Å². The maximum Gasteiger partial charge on any atom is 0.186 e. The van der Waals surface area contributed by atoms with Gasteiger partial charge in [-0.2, -0.15) is 0 Å². The molecule has 0 bridgehead atoms. The van der Waals surface area contributed by atoms with Gasteiger partial charge in [-0.15, -0.1) is 0 Å². The van der Waals surface area contributed by atoms with Crippen LogP contribution in [0.4, 0.5) is 10.2 Å². The lowest BCUT2D eigenvalue weighted by atomic mass is 9.96. The Labute approximate surface area is 123 Å². The Bertz CT molecular complexity index is 660. The number of anilines is 1. The van der Waals surface area contributed by atoms with Crippen molar-refractivity contribution in [2.75, 3.05) is 18.5 Å². The normalized spacial score (nSPS) is 17.0. The second-order valence-corrected chi connectivity index (χ2v) is 5.18. The number of ether oxygens (including phenoxy) is 1. The molecule has 0 saturated heterocycles. The average molecular weight is 287 g/mol. The van der Waals surface area contributed by atoms with Gasteiger partial charge < -0.3 is 10.1 Å². The van der Waals surface area contributed by atoms with Gasteiger partial charge in [0.15, 0.2) is 11.6 Å². The van der Waals surface area contributed by atoms with E-state index in [1.54, 1.807) is 6.92 Å². The summed E-state index contributed by atoms with van der Waals surface area (Å²) in [6, 6.07) is 7.96. The summed E-state index contributed by atoms with van der Waals surface area (Å²) in [5.74, 6) is 1.51. The second-order valence-electron chi connectivity index (χ2n) is 5.18. The predicted molar refractivity (Wildman–Crippen MR) is 79.3 cm³/mol. The molecule has 1 aliphatic rings. The van der Waals surface area contributed by atoms with Gasteiger partial charge in [0.25, 0.3) is 0 Å². The summed E-state index contributed by atoms with van der Waals surface area (Å²) in [5.41, 5.74) is 1.51. The number of benzene rings is 1. The molecule has 0 aliphatic carbocycles. The Hall–Kier alpha value is -2.17. The maximum absolute atomic E-state index is 14.0. The summed E-state index contributed by atoms with van der Waals surface area (Å²) >= 11 is 0. The van der Waals surface area contributed by atoms with Gasteiger partial charge in [-0.05, 0) is 31.9 Å². The largest absolute Gasteiger partial charge is 0.493 e. The molecule has 21 heavy (non-hydrogen) atoms. The van der Waals surface area contributed by atoms with Gasteiger partial charge >= 0.3 is 0 Å². The van der Waals surface area contributed by atoms with Crippen LogP contribution < -0.4 is 10.1 Å². The number of nitrogens with zero attached hydrogens (tertiary/aromatic N) is 2. The van der Waals surface area contributed by atoms with Crippen LogP contribution in [0.25, 0.3) is 0 Å². The molecular formula is C16H18FN3O. The van der Waals surface area contributed by atoms with Crippen molar-refractivity contribution in [3.63, 3.8) is 0 Å². The number of para-hydroxylation sites is 1. The lowest BCUT2D eigenvalue weighted by Crippen LogP contribution is -2.22. The molecule has 0 saturated carbocycles. The van der Waals surface area contributed by atoms with Crippen LogP contribution in [0.5, 0.6) is 5.75 Å². The van der Waals surface area contributed by atoms with Crippen molar-refractivity contribution < 1.29 is 9.13 Å². The first-order valence-electron chi connectivity index (χ1n) is 7.17. The quantitative estimate of drug-likeness (QED) is 0.942. The molecule has 3 rings (SSSR count). The van der Waals surface area contributed by atoms with Gasteiger partial charge in [0.2, 0.25) is 0 Å². The van der Waals surface area contributed by atoms with Gasteiger partial charge in [-0.3, -0.25) is 0 Å². The van der Waals surface area contributed by atoms with Crippen LogP contribution in [0.1, 0.15) is 29.9 Å². The van der Waals surface area contributed by atoms with Gasteiger partial charge in [0.1, 0.15) is 11.6 Å². The molecule has 1 aromatic carbocycles. The number of halogens is 1. The zero-order chi connectivity index (χ0) is 14.8. The van der Waals surface area contributed by atoms with Crippen LogP contribution in [-0.4, -0.2) is 23.1 Å². The summed E-state index contributed by atoms with van der Waals surface area (Å²) in [6.07, 6.45) is 0.812. The minimum absolute atomic E-state index is 0.0524. The summed E-state index contributed by atoms with van der Waals surface area (Å²) in [4.78, 5) is 8.65. The molecule has 0 spiro atoms. The van der Waals surface area contributed by atoms with Crippen molar-refractivity contribution in [3.05, 3.63) is 47.2 Å². The Balaban J connectivity index is 1.91. The molecule has 2 heterocycles. The molecule has 4 nitrogen and oxygen atoms in total. The first kappa shape index (κ1) is 13.8. The van der Waals surface area contributed by atoms with Crippen LogP contribution in [-0.2, 0) is 6.42 Å². The van der Waals surface area contributed by atoms with Crippen molar-refractivity contribution in [1.82, 2.24) is 9.97 Å². The first-order chi connectivity index (χ1) is 10.2. The molecule has 0 amide bonds. The summed E-state index contributed by atoms with van der Waals surface area (Å²) in [5, 5.41) is 2.95. The summed E-state index contributed by atoms with van der Waals surface area (Å²) in [7, 11) is 0. The first-order valence-corrected chi connectivity index (χ1v) is 7.17. The topological polar surface area (TPSA) is 47.0 Å². The smallest absolute Gasteiger partial charge is 0.186 e. The van der Waals surface area contributed by atoms with Crippen molar-refractivity contribution >= 4 is 5.82 Å². The zero-order valence-electron chi connectivity index (χ0n) is 12.2. The highest BCUT2D eigenvalue weighted by atomic mass is 19.1. The molecule has 0 radical (unpaired) electrons. The lowest BCUT2D eigenvalue weighted by molar-refractivity contribution is 0.257. The van der Waals surface area contributed by atoms with Crippen molar-refractivity contribution in [3.8, 4) is 5.75 Å². The number of hydrogen-bond acceptors (Lipinski definition) is 4. The van der Waals surface area contributed by atoms with Crippen LogP contribution >= 0.6 is 0 Å². The van der Waals surface area contributed by atoms with E-state index in [0.717, 1.165) is 17.7 Å². The third kappa shape index (κ3) is 2.68. The predicted octanol–water partition coefficient (Wildman–Crippen LogP) is 3.07. The lowest BCUT2D eigenvalue weighted by Gasteiger charge is -2.24. The highest BCUT2D eigenvalue weighted by Gasteiger charge is 2.25. The fourth-order valence-corrected chi connectivity index (χ4v) is 2.54. The maximum atomic E-state index is 14.0. The van der Waals surface area contributed by atoms with E-state index in [1.165, 1.54) is 0 Å². The van der Waals surface area contributed by atoms with Crippen LogP contribution in [0.15, 0.2) is 24.3 Å². The van der Waals surface area contributed by atoms with E-state index in [0.29, 0.717) is 24.7 Å². The molecule has 5 heteroatoms. The Morgan fingerprint density at radius 2 is 2.14 bits per heavy atom. The molecule has 1 atom stereocenters. The Kier molecular flexibility index (Phi) is 3.73. The number of aromatic nitrogens is 2. The molecule has 1 aromatic heterocycles. The number of nitrogens with one attached hydrogen (secondary N) is 1. The zero-order valence-corrected chi connectivity index (χ0v) is 12.2. The van der Waals surface area contributed by atoms with Gasteiger partial charge in [0.05, 0.1) is 18.2 Å². The molecule has 1 unspecified atom stereocenters. The van der Waals surface area contributed by atoms with E-state index in [4.69, 9.17) is 4.74 Å². The molecule has 110 valence electrons. The number of rotatable bonds is 3. The van der Waals surface area contributed by atoms with Crippen molar-refractivity contribution in [1.29, 1.82) is 0 Å². The summed E-state index contributed by atoms with van der Waals surface area (Å²) < 4.78 is 19.7. The molecule has 2 aromatic rings. The second kappa shape index (κ2) is 5.68. The SMILES string of the molecule is CCNc1nc(C2COc3ccccc3C2)nc(C)c1F.